The molecule has 0 fully saturated rings. The number of rotatable bonds is 3. The van der Waals surface area contributed by atoms with E-state index in [0.29, 0.717) is 28.0 Å². The number of aromatic nitrogens is 3. The van der Waals surface area contributed by atoms with Gasteiger partial charge >= 0.3 is 6.18 Å². The number of carbonyl (C=O) groups is 1. The molecule has 0 saturated heterocycles. The average Bonchev–Trinajstić information content (AvgIpc) is 3.07. The van der Waals surface area contributed by atoms with Gasteiger partial charge in [-0.15, -0.1) is 0 Å². The van der Waals surface area contributed by atoms with Gasteiger partial charge in [-0.05, 0) is 73.9 Å². The van der Waals surface area contributed by atoms with Gasteiger partial charge in [0, 0.05) is 23.7 Å². The van der Waals surface area contributed by atoms with Crippen LogP contribution in [0.2, 0.25) is 0 Å². The summed E-state index contributed by atoms with van der Waals surface area (Å²) in [5, 5.41) is 7.46. The molecule has 1 amide bonds. The van der Waals surface area contributed by atoms with Gasteiger partial charge in [0.15, 0.2) is 0 Å². The van der Waals surface area contributed by atoms with Gasteiger partial charge in [-0.2, -0.15) is 18.3 Å². The topological polar surface area (TPSA) is 59.8 Å². The maximum atomic E-state index is 13.0. The van der Waals surface area contributed by atoms with Gasteiger partial charge in [-0.1, -0.05) is 6.07 Å². The van der Waals surface area contributed by atoms with Crippen LogP contribution in [-0.4, -0.2) is 20.7 Å². The van der Waals surface area contributed by atoms with Crippen molar-refractivity contribution in [3.05, 3.63) is 76.6 Å². The number of anilines is 1. The molecule has 0 aliphatic carbocycles. The molecule has 2 aromatic carbocycles. The number of fused-ring (bicyclic) bond motifs is 1. The lowest BCUT2D eigenvalue weighted by molar-refractivity contribution is -0.137. The van der Waals surface area contributed by atoms with Crippen molar-refractivity contribution in [2.75, 3.05) is 5.32 Å². The molecule has 0 atom stereocenters. The Bertz CT molecular complexity index is 1340. The number of pyridine rings is 1. The third-order valence-corrected chi connectivity index (χ3v) is 5.45. The van der Waals surface area contributed by atoms with E-state index in [-0.39, 0.29) is 5.91 Å². The monoisotopic (exact) mass is 438 g/mol. The number of halogens is 3. The molecule has 0 saturated carbocycles. The van der Waals surface area contributed by atoms with Crippen LogP contribution in [-0.2, 0) is 13.2 Å². The van der Waals surface area contributed by atoms with Crippen LogP contribution in [0, 0.1) is 20.8 Å². The summed E-state index contributed by atoms with van der Waals surface area (Å²) in [5.74, 6) is -0.248. The molecule has 0 spiro atoms. The summed E-state index contributed by atoms with van der Waals surface area (Å²) < 4.78 is 40.4. The summed E-state index contributed by atoms with van der Waals surface area (Å²) in [6.45, 7) is 5.61. The fourth-order valence-corrected chi connectivity index (χ4v) is 3.73. The Hall–Kier alpha value is -3.68. The van der Waals surface area contributed by atoms with Crippen molar-refractivity contribution < 1.29 is 18.0 Å². The minimum absolute atomic E-state index is 0.248. The lowest BCUT2D eigenvalue weighted by atomic mass is 9.99. The van der Waals surface area contributed by atoms with Crippen LogP contribution >= 0.6 is 0 Å². The number of carbonyl (C=O) groups excluding carboxylic acids is 1. The summed E-state index contributed by atoms with van der Waals surface area (Å²) in [4.78, 5) is 17.3. The van der Waals surface area contributed by atoms with Gasteiger partial charge in [0.05, 0.1) is 23.0 Å². The van der Waals surface area contributed by atoms with Crippen LogP contribution in [0.4, 0.5) is 18.9 Å². The van der Waals surface area contributed by atoms with Crippen molar-refractivity contribution in [2.24, 2.45) is 7.05 Å². The summed E-state index contributed by atoms with van der Waals surface area (Å²) in [6, 6.07) is 10.7. The van der Waals surface area contributed by atoms with E-state index in [1.807, 2.05) is 32.9 Å². The van der Waals surface area contributed by atoms with Gasteiger partial charge in [0.2, 0.25) is 0 Å². The molecule has 2 heterocycles. The molecule has 8 heteroatoms. The van der Waals surface area contributed by atoms with Crippen LogP contribution in [0.15, 0.2) is 48.7 Å². The summed E-state index contributed by atoms with van der Waals surface area (Å²) >= 11 is 0. The Labute approximate surface area is 182 Å². The first-order valence-corrected chi connectivity index (χ1v) is 9.94. The molecular formula is C24H21F3N4O. The number of hydrogen-bond donors (Lipinski definition) is 1. The predicted molar refractivity (Wildman–Crippen MR) is 118 cm³/mol. The van der Waals surface area contributed by atoms with E-state index in [0.717, 1.165) is 34.4 Å². The zero-order valence-electron chi connectivity index (χ0n) is 18.0. The third-order valence-electron chi connectivity index (χ3n) is 5.45. The van der Waals surface area contributed by atoms with E-state index in [2.05, 4.69) is 15.4 Å². The lowest BCUT2D eigenvalue weighted by Gasteiger charge is -2.14. The third kappa shape index (κ3) is 3.95. The van der Waals surface area contributed by atoms with Crippen molar-refractivity contribution in [3.8, 4) is 11.3 Å². The molecule has 2 aromatic heterocycles. The van der Waals surface area contributed by atoms with E-state index in [4.69, 9.17) is 0 Å². The largest absolute Gasteiger partial charge is 0.416 e. The van der Waals surface area contributed by atoms with Crippen molar-refractivity contribution in [2.45, 2.75) is 26.9 Å². The fraction of sp³-hybridized carbons (Fsp3) is 0.208. The summed E-state index contributed by atoms with van der Waals surface area (Å²) in [6.07, 6.45) is -2.76. The average molecular weight is 438 g/mol. The van der Waals surface area contributed by atoms with E-state index in [1.54, 1.807) is 25.4 Å². The van der Waals surface area contributed by atoms with Gasteiger partial charge in [0.25, 0.3) is 5.91 Å². The maximum Gasteiger partial charge on any atom is 0.416 e. The number of benzene rings is 2. The zero-order chi connectivity index (χ0) is 23.2. The first-order chi connectivity index (χ1) is 15.0. The van der Waals surface area contributed by atoms with Crippen molar-refractivity contribution in [1.82, 2.24) is 14.8 Å². The van der Waals surface area contributed by atoms with E-state index in [9.17, 15) is 18.0 Å². The number of alkyl halides is 3. The second-order valence-corrected chi connectivity index (χ2v) is 7.84. The molecule has 0 unspecified atom stereocenters. The summed E-state index contributed by atoms with van der Waals surface area (Å²) in [7, 11) is 1.71. The highest BCUT2D eigenvalue weighted by Crippen LogP contribution is 2.33. The summed E-state index contributed by atoms with van der Waals surface area (Å²) in [5.41, 5.74) is 4.95. The molecule has 0 aliphatic heterocycles. The van der Waals surface area contributed by atoms with Gasteiger partial charge in [-0.25, -0.2) is 4.98 Å². The standard InChI is InChI=1S/C24H21F3N4O/c1-13-10-21(30-23(32)22-15(3)12-28-31(22)4)14(2)9-18(13)20-7-5-16-11-17(24(25,26)27)6-8-19(16)29-20/h5-12H,1-4H3,(H,30,32). The minimum atomic E-state index is -4.39. The molecule has 0 aliphatic rings. The highest BCUT2D eigenvalue weighted by molar-refractivity contribution is 6.04. The number of nitrogens with one attached hydrogen (secondary N) is 1. The SMILES string of the molecule is Cc1cc(-c2ccc3cc(C(F)(F)F)ccc3n2)c(C)cc1NC(=O)c1c(C)cnn1C. The van der Waals surface area contributed by atoms with E-state index < -0.39 is 11.7 Å². The lowest BCUT2D eigenvalue weighted by Crippen LogP contribution is -2.18. The Balaban J connectivity index is 1.67. The van der Waals surface area contributed by atoms with Gasteiger partial charge in [-0.3, -0.25) is 9.48 Å². The number of amides is 1. The molecular weight excluding hydrogens is 417 g/mol. The first kappa shape index (κ1) is 21.5. The van der Waals surface area contributed by atoms with E-state index in [1.165, 1.54) is 10.7 Å². The quantitative estimate of drug-likeness (QED) is 0.438. The second kappa shape index (κ2) is 7.78. The minimum Gasteiger partial charge on any atom is -0.320 e. The molecule has 4 aromatic rings. The zero-order valence-corrected chi connectivity index (χ0v) is 18.0. The smallest absolute Gasteiger partial charge is 0.320 e. The molecule has 5 nitrogen and oxygen atoms in total. The van der Waals surface area contributed by atoms with Crippen LogP contribution < -0.4 is 5.32 Å². The molecule has 32 heavy (non-hydrogen) atoms. The van der Waals surface area contributed by atoms with E-state index >= 15 is 0 Å². The Kier molecular flexibility index (Phi) is 5.24. The Morgan fingerprint density at radius 3 is 2.38 bits per heavy atom. The van der Waals surface area contributed by atoms with Crippen LogP contribution in [0.5, 0.6) is 0 Å². The molecule has 4 rings (SSSR count). The van der Waals surface area contributed by atoms with Gasteiger partial charge in [0.1, 0.15) is 5.69 Å². The molecule has 0 radical (unpaired) electrons. The highest BCUT2D eigenvalue weighted by atomic mass is 19.4. The fourth-order valence-electron chi connectivity index (χ4n) is 3.73. The number of nitrogens with zero attached hydrogens (tertiary/aromatic N) is 3. The van der Waals surface area contributed by atoms with Crippen molar-refractivity contribution in [3.63, 3.8) is 0 Å². The van der Waals surface area contributed by atoms with Crippen LogP contribution in [0.3, 0.4) is 0 Å². The normalized spacial score (nSPS) is 11.7. The molecule has 164 valence electrons. The molecule has 1 N–H and O–H groups in total. The van der Waals surface area contributed by atoms with Crippen LogP contribution in [0.1, 0.15) is 32.7 Å². The second-order valence-electron chi connectivity index (χ2n) is 7.84. The van der Waals surface area contributed by atoms with Gasteiger partial charge < -0.3 is 5.32 Å². The first-order valence-electron chi connectivity index (χ1n) is 9.94. The van der Waals surface area contributed by atoms with Crippen molar-refractivity contribution in [1.29, 1.82) is 0 Å². The Morgan fingerprint density at radius 1 is 0.969 bits per heavy atom. The Morgan fingerprint density at radius 2 is 1.72 bits per heavy atom. The highest BCUT2D eigenvalue weighted by Gasteiger charge is 2.30. The van der Waals surface area contributed by atoms with Crippen LogP contribution in [0.25, 0.3) is 22.2 Å². The molecule has 0 bridgehead atoms. The number of hydrogen-bond acceptors (Lipinski definition) is 3. The maximum absolute atomic E-state index is 13.0. The predicted octanol–water partition coefficient (Wildman–Crippen LogP) is 5.83. The van der Waals surface area contributed by atoms with Crippen molar-refractivity contribution >= 4 is 22.5 Å². The number of aryl methyl sites for hydroxylation is 4.